The highest BCUT2D eigenvalue weighted by Crippen LogP contribution is 2.08. The molecular weight excluding hydrogens is 276 g/mol. The molecule has 0 aliphatic carbocycles. The van der Waals surface area contributed by atoms with E-state index >= 15 is 0 Å². The quantitative estimate of drug-likeness (QED) is 0.736. The molecule has 2 rings (SSSR count). The van der Waals surface area contributed by atoms with Crippen LogP contribution < -0.4 is 5.32 Å². The highest BCUT2D eigenvalue weighted by atomic mass is 16.4. The minimum absolute atomic E-state index is 0.153. The van der Waals surface area contributed by atoms with Crippen molar-refractivity contribution in [3.05, 3.63) is 36.2 Å². The molecule has 9 nitrogen and oxygen atoms in total. The summed E-state index contributed by atoms with van der Waals surface area (Å²) in [5, 5.41) is 17.7. The fourth-order valence-corrected chi connectivity index (χ4v) is 1.58. The molecule has 3 N–H and O–H groups in total. The lowest BCUT2D eigenvalue weighted by atomic mass is 10.2. The van der Waals surface area contributed by atoms with E-state index in [1.165, 1.54) is 17.4 Å². The van der Waals surface area contributed by atoms with Gasteiger partial charge in [0, 0.05) is 7.05 Å². The van der Waals surface area contributed by atoms with E-state index in [2.05, 4.69) is 25.5 Å². The van der Waals surface area contributed by atoms with Gasteiger partial charge in [0.05, 0.1) is 30.5 Å². The van der Waals surface area contributed by atoms with Crippen molar-refractivity contribution >= 4 is 17.7 Å². The number of pyridine rings is 1. The Morgan fingerprint density at radius 3 is 2.76 bits per heavy atom. The van der Waals surface area contributed by atoms with E-state index in [-0.39, 0.29) is 19.0 Å². The molecule has 0 aliphatic heterocycles. The van der Waals surface area contributed by atoms with Crippen molar-refractivity contribution < 1.29 is 14.7 Å². The third-order valence-corrected chi connectivity index (χ3v) is 2.61. The van der Waals surface area contributed by atoms with Gasteiger partial charge in [-0.1, -0.05) is 0 Å². The second-order valence-corrected chi connectivity index (χ2v) is 4.33. The topological polar surface area (TPSA) is 124 Å². The maximum atomic E-state index is 11.9. The van der Waals surface area contributed by atoms with E-state index < -0.39 is 5.97 Å². The van der Waals surface area contributed by atoms with Crippen molar-refractivity contribution in [2.75, 3.05) is 12.4 Å². The smallest absolute Gasteiger partial charge is 0.322 e. The number of amides is 2. The molecule has 0 unspecified atom stereocenters. The molecule has 0 aromatic carbocycles. The SMILES string of the molecule is CN(Cc1ncn[nH]1)C(=O)Nc1ccc(CC(=O)O)nc1. The molecule has 0 fully saturated rings. The van der Waals surface area contributed by atoms with Crippen molar-refractivity contribution in [1.82, 2.24) is 25.1 Å². The molecule has 9 heteroatoms. The first kappa shape index (κ1) is 14.4. The summed E-state index contributed by atoms with van der Waals surface area (Å²) >= 11 is 0. The predicted octanol–water partition coefficient (Wildman–Crippen LogP) is 0.491. The number of nitrogens with zero attached hydrogens (tertiary/aromatic N) is 4. The number of carboxylic acid groups (broad SMARTS) is 1. The average molecular weight is 290 g/mol. The van der Waals surface area contributed by atoms with Gasteiger partial charge in [-0.25, -0.2) is 9.78 Å². The van der Waals surface area contributed by atoms with Crippen LogP contribution in [0.5, 0.6) is 0 Å². The van der Waals surface area contributed by atoms with E-state index in [1.54, 1.807) is 19.2 Å². The zero-order valence-electron chi connectivity index (χ0n) is 11.3. The normalized spacial score (nSPS) is 10.1. The maximum absolute atomic E-state index is 11.9. The zero-order valence-corrected chi connectivity index (χ0v) is 11.3. The molecule has 0 saturated heterocycles. The number of hydrogen-bond donors (Lipinski definition) is 3. The molecular formula is C12H14N6O3. The molecule has 2 aromatic heterocycles. The molecule has 2 amide bonds. The van der Waals surface area contributed by atoms with Crippen molar-refractivity contribution in [3.63, 3.8) is 0 Å². The molecule has 0 radical (unpaired) electrons. The zero-order chi connectivity index (χ0) is 15.2. The van der Waals surface area contributed by atoms with Crippen LogP contribution in [0.15, 0.2) is 24.7 Å². The third kappa shape index (κ3) is 4.27. The number of H-pyrrole nitrogens is 1. The van der Waals surface area contributed by atoms with Gasteiger partial charge in [-0.2, -0.15) is 5.10 Å². The maximum Gasteiger partial charge on any atom is 0.322 e. The summed E-state index contributed by atoms with van der Waals surface area (Å²) in [6.07, 6.45) is 2.63. The number of carboxylic acids is 1. The van der Waals surface area contributed by atoms with E-state index in [1.807, 2.05) is 0 Å². The molecule has 2 aromatic rings. The monoisotopic (exact) mass is 290 g/mol. The lowest BCUT2D eigenvalue weighted by Gasteiger charge is -2.16. The fraction of sp³-hybridized carbons (Fsp3) is 0.250. The molecule has 0 bridgehead atoms. The fourth-order valence-electron chi connectivity index (χ4n) is 1.58. The lowest BCUT2D eigenvalue weighted by Crippen LogP contribution is -2.31. The number of anilines is 1. The van der Waals surface area contributed by atoms with Crippen LogP contribution >= 0.6 is 0 Å². The summed E-state index contributed by atoms with van der Waals surface area (Å²) in [7, 11) is 1.62. The van der Waals surface area contributed by atoms with Crippen LogP contribution in [0.4, 0.5) is 10.5 Å². The largest absolute Gasteiger partial charge is 0.481 e. The Labute approximate surface area is 120 Å². The molecule has 0 aliphatic rings. The van der Waals surface area contributed by atoms with Gasteiger partial charge >= 0.3 is 12.0 Å². The van der Waals surface area contributed by atoms with E-state index in [0.29, 0.717) is 17.2 Å². The second kappa shape index (κ2) is 6.46. The second-order valence-electron chi connectivity index (χ2n) is 4.33. The van der Waals surface area contributed by atoms with E-state index in [9.17, 15) is 9.59 Å². The molecule has 0 saturated carbocycles. The summed E-state index contributed by atoms with van der Waals surface area (Å²) in [6, 6.07) is 2.82. The van der Waals surface area contributed by atoms with Gasteiger partial charge < -0.3 is 15.3 Å². The minimum Gasteiger partial charge on any atom is -0.481 e. The van der Waals surface area contributed by atoms with E-state index in [0.717, 1.165) is 0 Å². The average Bonchev–Trinajstić information content (AvgIpc) is 2.93. The van der Waals surface area contributed by atoms with Gasteiger partial charge in [-0.15, -0.1) is 0 Å². The van der Waals surface area contributed by atoms with E-state index in [4.69, 9.17) is 5.11 Å². The summed E-state index contributed by atoms with van der Waals surface area (Å²) in [4.78, 5) is 31.8. The molecule has 2 heterocycles. The number of aromatic nitrogens is 4. The van der Waals surface area contributed by atoms with Gasteiger partial charge in [0.25, 0.3) is 0 Å². The molecule has 0 atom stereocenters. The lowest BCUT2D eigenvalue weighted by molar-refractivity contribution is -0.136. The van der Waals surface area contributed by atoms with Gasteiger partial charge in [0.1, 0.15) is 12.2 Å². The molecule has 21 heavy (non-hydrogen) atoms. The van der Waals surface area contributed by atoms with Crippen LogP contribution in [-0.2, 0) is 17.8 Å². The first-order valence-corrected chi connectivity index (χ1v) is 6.07. The summed E-state index contributed by atoms with van der Waals surface area (Å²) in [5.74, 6) is -0.381. The number of carbonyl (C=O) groups excluding carboxylic acids is 1. The number of carbonyl (C=O) groups is 2. The summed E-state index contributed by atoms with van der Waals surface area (Å²) < 4.78 is 0. The van der Waals surface area contributed by atoms with Gasteiger partial charge in [0.15, 0.2) is 0 Å². The van der Waals surface area contributed by atoms with Gasteiger partial charge in [-0.05, 0) is 12.1 Å². The van der Waals surface area contributed by atoms with Crippen LogP contribution in [-0.4, -0.2) is 49.2 Å². The minimum atomic E-state index is -0.953. The Kier molecular flexibility index (Phi) is 4.44. The number of aliphatic carboxylic acids is 1. The third-order valence-electron chi connectivity index (χ3n) is 2.61. The first-order chi connectivity index (χ1) is 10.0. The molecule has 0 spiro atoms. The number of rotatable bonds is 5. The predicted molar refractivity (Wildman–Crippen MR) is 72.4 cm³/mol. The van der Waals surface area contributed by atoms with Crippen LogP contribution in [0.25, 0.3) is 0 Å². The Bertz CT molecular complexity index is 610. The number of nitrogens with one attached hydrogen (secondary N) is 2. The van der Waals surface area contributed by atoms with Crippen molar-refractivity contribution in [3.8, 4) is 0 Å². The first-order valence-electron chi connectivity index (χ1n) is 6.07. The van der Waals surface area contributed by atoms with Crippen LogP contribution in [0.2, 0.25) is 0 Å². The molecule has 110 valence electrons. The van der Waals surface area contributed by atoms with Crippen LogP contribution in [0, 0.1) is 0 Å². The number of aromatic amines is 1. The highest BCUT2D eigenvalue weighted by Gasteiger charge is 2.11. The van der Waals surface area contributed by atoms with Crippen molar-refractivity contribution in [1.29, 1.82) is 0 Å². The number of urea groups is 1. The van der Waals surface area contributed by atoms with Crippen molar-refractivity contribution in [2.24, 2.45) is 0 Å². The Hall–Kier alpha value is -2.97. The van der Waals surface area contributed by atoms with Crippen molar-refractivity contribution in [2.45, 2.75) is 13.0 Å². The Balaban J connectivity index is 1.91. The summed E-state index contributed by atoms with van der Waals surface area (Å²) in [5.41, 5.74) is 0.911. The van der Waals surface area contributed by atoms with Gasteiger partial charge in [0.2, 0.25) is 0 Å². The van der Waals surface area contributed by atoms with Gasteiger partial charge in [-0.3, -0.25) is 14.9 Å². The Morgan fingerprint density at radius 1 is 1.38 bits per heavy atom. The summed E-state index contributed by atoms with van der Waals surface area (Å²) in [6.45, 7) is 0.288. The van der Waals surface area contributed by atoms with Crippen LogP contribution in [0.3, 0.4) is 0 Å². The number of hydrogen-bond acceptors (Lipinski definition) is 5. The van der Waals surface area contributed by atoms with Crippen LogP contribution in [0.1, 0.15) is 11.5 Å². The highest BCUT2D eigenvalue weighted by molar-refractivity contribution is 5.88. The standard InChI is InChI=1S/C12H14N6O3/c1-18(6-10-14-7-15-17-10)12(21)16-9-3-2-8(13-5-9)4-11(19)20/h2-3,5,7H,4,6H2,1H3,(H,16,21)(H,19,20)(H,14,15,17). The Morgan fingerprint density at radius 2 is 2.19 bits per heavy atom.